The van der Waals surface area contributed by atoms with Crippen LogP contribution >= 0.6 is 0 Å². The molecule has 6 aromatic heterocycles. The molecular formula is C81H66F3N9O9. The second-order valence-corrected chi connectivity index (χ2v) is 26.1. The molecule has 0 bridgehead atoms. The highest BCUT2D eigenvalue weighted by molar-refractivity contribution is 6.09. The van der Waals surface area contributed by atoms with Crippen LogP contribution in [0.25, 0.3) is 116 Å². The molecule has 510 valence electrons. The number of benzene rings is 9. The van der Waals surface area contributed by atoms with E-state index in [0.717, 1.165) is 191 Å². The molecular weight excluding hydrogens is 1300 g/mol. The summed E-state index contributed by atoms with van der Waals surface area (Å²) in [6.07, 6.45) is 11.2. The molecule has 9 heterocycles. The molecule has 9 aromatic carbocycles. The number of nitrogens with zero attached hydrogens (tertiary/aromatic N) is 6. The third-order valence-electron chi connectivity index (χ3n) is 19.8. The van der Waals surface area contributed by atoms with E-state index in [1.807, 2.05) is 36.4 Å². The van der Waals surface area contributed by atoms with E-state index in [1.54, 1.807) is 91.4 Å². The van der Waals surface area contributed by atoms with Crippen molar-refractivity contribution in [3.63, 3.8) is 0 Å². The van der Waals surface area contributed by atoms with Crippen LogP contribution in [0.1, 0.15) is 104 Å². The number of ether oxygens (including phenoxy) is 3. The number of fused-ring (bicyclic) bond motifs is 6. The monoisotopic (exact) mass is 1370 g/mol. The molecule has 102 heavy (non-hydrogen) atoms. The van der Waals surface area contributed by atoms with Crippen LogP contribution in [0.15, 0.2) is 201 Å². The van der Waals surface area contributed by atoms with Crippen molar-refractivity contribution in [2.75, 3.05) is 39.6 Å². The van der Waals surface area contributed by atoms with Crippen LogP contribution < -0.4 is 0 Å². The largest absolute Gasteiger partial charge is 0.478 e. The molecule has 0 spiro atoms. The molecule has 3 fully saturated rings. The van der Waals surface area contributed by atoms with Gasteiger partial charge in [0.25, 0.3) is 0 Å². The van der Waals surface area contributed by atoms with Gasteiger partial charge in [0.05, 0.1) is 88.2 Å². The van der Waals surface area contributed by atoms with E-state index in [4.69, 9.17) is 14.2 Å². The summed E-state index contributed by atoms with van der Waals surface area (Å²) >= 11 is 0. The SMILES string of the molecule is O=C(O)c1ccc(-c2c(C3CCCOC3)n(-c3ccc(F)cc3)c3cc4cn[nH]c4cc23)cc1.O=C(O)c1ccc(-c2c(C3CCCOC3)n(-c3ccc(F)cc3)c3cc4cn[nH]c4cc23)cc1.O=C(O)c1ccc(-c2c(C3CCCOC3)n(-c3ccc(F)cc3)c3cc4cn[nH]c4cc23)cc1. The molecule has 15 aromatic rings. The number of halogens is 3. The minimum absolute atomic E-state index is 0.136. The number of hydrogen-bond donors (Lipinski definition) is 6. The minimum atomic E-state index is -0.958. The molecule has 0 amide bonds. The van der Waals surface area contributed by atoms with Gasteiger partial charge >= 0.3 is 17.9 Å². The zero-order valence-corrected chi connectivity index (χ0v) is 54.9. The first-order chi connectivity index (χ1) is 49.8. The second kappa shape index (κ2) is 27.3. The molecule has 18 rings (SSSR count). The third-order valence-corrected chi connectivity index (χ3v) is 19.8. The maximum absolute atomic E-state index is 13.8. The van der Waals surface area contributed by atoms with Crippen molar-refractivity contribution in [3.05, 3.63) is 252 Å². The average Bonchev–Trinajstić information content (AvgIpc) is 1.59. The summed E-state index contributed by atoms with van der Waals surface area (Å²) < 4.78 is 65.7. The summed E-state index contributed by atoms with van der Waals surface area (Å²) in [6.45, 7) is 4.01. The van der Waals surface area contributed by atoms with Gasteiger partial charge in [0.15, 0.2) is 0 Å². The van der Waals surface area contributed by atoms with Crippen LogP contribution in [0.4, 0.5) is 13.2 Å². The molecule has 6 N–H and O–H groups in total. The molecule has 0 radical (unpaired) electrons. The van der Waals surface area contributed by atoms with Gasteiger partial charge in [-0.1, -0.05) is 36.4 Å². The number of aromatic nitrogens is 9. The Morgan fingerprint density at radius 3 is 0.873 bits per heavy atom. The molecule has 3 aliphatic heterocycles. The summed E-state index contributed by atoms with van der Waals surface area (Å²) in [5, 5.41) is 55.9. The van der Waals surface area contributed by atoms with Gasteiger partial charge in [-0.2, -0.15) is 15.3 Å². The standard InChI is InChI=1S/3C27H22FN3O3/c3*28-20-7-9-21(10-8-20)31-24-12-19-14-29-30-23(19)13-22(24)25(26(31)18-2-1-11-34-15-18)16-3-5-17(6-4-16)27(32)33/h3*3-10,12-14,18H,1-2,11,15H2,(H,29,30)(H,32,33). The molecule has 0 saturated carbocycles. The van der Waals surface area contributed by atoms with Crippen LogP contribution in [0, 0.1) is 17.5 Å². The Morgan fingerprint density at radius 1 is 0.373 bits per heavy atom. The Hall–Kier alpha value is -11.9. The van der Waals surface area contributed by atoms with E-state index in [0.29, 0.717) is 19.8 Å². The predicted molar refractivity (Wildman–Crippen MR) is 384 cm³/mol. The number of carboxylic acids is 3. The quantitative estimate of drug-likeness (QED) is 0.0669. The van der Waals surface area contributed by atoms with Crippen molar-refractivity contribution in [1.29, 1.82) is 0 Å². The maximum Gasteiger partial charge on any atom is 0.335 e. The number of carbonyl (C=O) groups is 3. The van der Waals surface area contributed by atoms with E-state index < -0.39 is 17.9 Å². The highest BCUT2D eigenvalue weighted by Crippen LogP contribution is 2.48. The highest BCUT2D eigenvalue weighted by Gasteiger charge is 2.33. The zero-order valence-electron chi connectivity index (χ0n) is 54.9. The fraction of sp³-hybridized carbons (Fsp3) is 0.185. The first-order valence-electron chi connectivity index (χ1n) is 33.9. The van der Waals surface area contributed by atoms with Crippen molar-refractivity contribution in [1.82, 2.24) is 44.3 Å². The zero-order chi connectivity index (χ0) is 69.7. The highest BCUT2D eigenvalue weighted by atomic mass is 19.1. The average molecular weight is 1370 g/mol. The second-order valence-electron chi connectivity index (χ2n) is 26.1. The van der Waals surface area contributed by atoms with Crippen molar-refractivity contribution in [2.45, 2.75) is 56.3 Å². The van der Waals surface area contributed by atoms with Crippen LogP contribution in [0.3, 0.4) is 0 Å². The van der Waals surface area contributed by atoms with E-state index in [-0.39, 0.29) is 51.9 Å². The number of hydrogen-bond acceptors (Lipinski definition) is 9. The lowest BCUT2D eigenvalue weighted by Crippen LogP contribution is -2.19. The summed E-state index contributed by atoms with van der Waals surface area (Å²) in [5.74, 6) is -3.33. The third kappa shape index (κ3) is 12.2. The molecule has 18 nitrogen and oxygen atoms in total. The number of carboxylic acid groups (broad SMARTS) is 3. The normalized spacial score (nSPS) is 16.3. The predicted octanol–water partition coefficient (Wildman–Crippen LogP) is 17.7. The molecule has 3 unspecified atom stereocenters. The van der Waals surface area contributed by atoms with Gasteiger partial charge in [-0.15, -0.1) is 0 Å². The van der Waals surface area contributed by atoms with Gasteiger partial charge in [-0.3, -0.25) is 15.3 Å². The first kappa shape index (κ1) is 64.7. The Morgan fingerprint density at radius 2 is 0.637 bits per heavy atom. The summed E-state index contributed by atoms with van der Waals surface area (Å²) in [6, 6.07) is 53.1. The van der Waals surface area contributed by atoms with Gasteiger partial charge in [0.1, 0.15) is 17.5 Å². The Kier molecular flexibility index (Phi) is 17.3. The lowest BCUT2D eigenvalue weighted by atomic mass is 9.91. The molecule has 21 heteroatoms. The van der Waals surface area contributed by atoms with Crippen molar-refractivity contribution in [2.24, 2.45) is 0 Å². The van der Waals surface area contributed by atoms with Crippen molar-refractivity contribution >= 4 is 83.3 Å². The van der Waals surface area contributed by atoms with Crippen molar-refractivity contribution < 1.29 is 57.1 Å². The Balaban J connectivity index is 0.000000118. The Bertz CT molecular complexity index is 5090. The Labute approximate surface area is 580 Å². The summed E-state index contributed by atoms with van der Waals surface area (Å²) in [4.78, 5) is 34.3. The number of nitrogens with one attached hydrogen (secondary N) is 3. The van der Waals surface area contributed by atoms with E-state index in [1.165, 1.54) is 36.4 Å². The first-order valence-corrected chi connectivity index (χ1v) is 33.9. The smallest absolute Gasteiger partial charge is 0.335 e. The topological polar surface area (TPSA) is 240 Å². The van der Waals surface area contributed by atoms with E-state index in [9.17, 15) is 42.9 Å². The summed E-state index contributed by atoms with van der Waals surface area (Å²) in [5.41, 5.74) is 18.1. The maximum atomic E-state index is 13.8. The lowest BCUT2D eigenvalue weighted by molar-refractivity contribution is 0.0686. The van der Waals surface area contributed by atoms with E-state index >= 15 is 0 Å². The number of rotatable bonds is 12. The van der Waals surface area contributed by atoms with Crippen LogP contribution in [-0.4, -0.2) is 117 Å². The van der Waals surface area contributed by atoms with Gasteiger partial charge < -0.3 is 43.2 Å². The van der Waals surface area contributed by atoms with Gasteiger partial charge in [0.2, 0.25) is 0 Å². The van der Waals surface area contributed by atoms with Crippen molar-refractivity contribution in [3.8, 4) is 50.4 Å². The number of aromatic amines is 3. The molecule has 3 aliphatic rings. The minimum Gasteiger partial charge on any atom is -0.478 e. The molecule has 3 atom stereocenters. The number of H-pyrrole nitrogens is 3. The van der Waals surface area contributed by atoms with Gasteiger partial charge in [-0.05, 0) is 201 Å². The van der Waals surface area contributed by atoms with Gasteiger partial charge in [-0.25, -0.2) is 27.6 Å². The molecule has 0 aliphatic carbocycles. The van der Waals surface area contributed by atoms with Crippen LogP contribution in [0.5, 0.6) is 0 Å². The lowest BCUT2D eigenvalue weighted by Gasteiger charge is -2.26. The van der Waals surface area contributed by atoms with Crippen LogP contribution in [0.2, 0.25) is 0 Å². The van der Waals surface area contributed by atoms with E-state index in [2.05, 4.69) is 80.7 Å². The molecule has 3 saturated heterocycles. The fourth-order valence-corrected chi connectivity index (χ4v) is 15.1. The van der Waals surface area contributed by atoms with Crippen LogP contribution in [-0.2, 0) is 14.2 Å². The summed E-state index contributed by atoms with van der Waals surface area (Å²) in [7, 11) is 0. The number of aromatic carboxylic acids is 3. The fourth-order valence-electron chi connectivity index (χ4n) is 15.1. The van der Waals surface area contributed by atoms with Gasteiger partial charge in [0, 0.05) is 121 Å².